The first-order chi connectivity index (χ1) is 12.5. The first-order valence-corrected chi connectivity index (χ1v) is 8.17. The Bertz CT molecular complexity index is 985. The molecule has 5 heteroatoms. The van der Waals surface area contributed by atoms with E-state index in [2.05, 4.69) is 21.7 Å². The smallest absolute Gasteiger partial charge is 0.274 e. The molecule has 0 saturated carbocycles. The molecule has 0 saturated heterocycles. The number of hydrogen-bond donors (Lipinski definition) is 2. The molecule has 26 heavy (non-hydrogen) atoms. The Morgan fingerprint density at radius 2 is 1.73 bits per heavy atom. The number of carbonyl (C=O) groups is 1. The van der Waals surface area contributed by atoms with E-state index in [1.165, 1.54) is 0 Å². The third-order valence-corrected chi connectivity index (χ3v) is 3.80. The quantitative estimate of drug-likeness (QED) is 0.728. The summed E-state index contributed by atoms with van der Waals surface area (Å²) in [5.74, 6) is -0.285. The van der Waals surface area contributed by atoms with Crippen LogP contribution in [0.5, 0.6) is 0 Å². The third-order valence-electron chi connectivity index (χ3n) is 3.80. The molecular formula is C21H18N4O. The van der Waals surface area contributed by atoms with Crippen molar-refractivity contribution in [2.45, 2.75) is 13.8 Å². The summed E-state index contributed by atoms with van der Waals surface area (Å²) in [6, 6.07) is 18.6. The fourth-order valence-corrected chi connectivity index (χ4v) is 2.72. The topological polar surface area (TPSA) is 77.8 Å². The molecule has 0 aliphatic heterocycles. The van der Waals surface area contributed by atoms with Crippen LogP contribution in [0, 0.1) is 25.2 Å². The zero-order valence-electron chi connectivity index (χ0n) is 14.6. The summed E-state index contributed by atoms with van der Waals surface area (Å²) >= 11 is 0. The lowest BCUT2D eigenvalue weighted by atomic mass is 10.1. The lowest BCUT2D eigenvalue weighted by molar-refractivity contribution is 0.102. The molecule has 0 fully saturated rings. The van der Waals surface area contributed by atoms with E-state index in [9.17, 15) is 10.1 Å². The van der Waals surface area contributed by atoms with Crippen molar-refractivity contribution in [1.82, 2.24) is 4.98 Å². The number of carbonyl (C=O) groups excluding carboxylic acids is 1. The molecule has 0 spiro atoms. The van der Waals surface area contributed by atoms with Crippen LogP contribution >= 0.6 is 0 Å². The van der Waals surface area contributed by atoms with Crippen LogP contribution in [0.25, 0.3) is 0 Å². The van der Waals surface area contributed by atoms with E-state index in [0.717, 1.165) is 16.8 Å². The van der Waals surface area contributed by atoms with Crippen LogP contribution < -0.4 is 10.6 Å². The molecule has 2 aromatic carbocycles. The number of para-hydroxylation sites is 1. The van der Waals surface area contributed by atoms with Gasteiger partial charge < -0.3 is 10.6 Å². The predicted octanol–water partition coefficient (Wildman–Crippen LogP) is 4.57. The molecule has 0 atom stereocenters. The van der Waals surface area contributed by atoms with Gasteiger partial charge >= 0.3 is 0 Å². The lowest BCUT2D eigenvalue weighted by Gasteiger charge is -2.10. The largest absolute Gasteiger partial charge is 0.354 e. The maximum absolute atomic E-state index is 12.5. The number of amides is 1. The molecule has 1 heterocycles. The van der Waals surface area contributed by atoms with Gasteiger partial charge in [0.25, 0.3) is 5.91 Å². The molecule has 5 nitrogen and oxygen atoms in total. The first kappa shape index (κ1) is 17.2. The minimum atomic E-state index is -0.285. The summed E-state index contributed by atoms with van der Waals surface area (Å²) in [6.45, 7) is 3.97. The first-order valence-electron chi connectivity index (χ1n) is 8.17. The number of nitrogens with one attached hydrogen (secondary N) is 2. The molecule has 3 rings (SSSR count). The Morgan fingerprint density at radius 1 is 1.00 bits per heavy atom. The molecule has 2 N–H and O–H groups in total. The molecule has 0 bridgehead atoms. The van der Waals surface area contributed by atoms with Crippen LogP contribution in [-0.4, -0.2) is 10.9 Å². The summed E-state index contributed by atoms with van der Waals surface area (Å²) in [7, 11) is 0. The summed E-state index contributed by atoms with van der Waals surface area (Å²) < 4.78 is 0. The molecular weight excluding hydrogens is 324 g/mol. The van der Waals surface area contributed by atoms with E-state index in [1.54, 1.807) is 30.5 Å². The summed E-state index contributed by atoms with van der Waals surface area (Å²) in [5.41, 5.74) is 5.10. The molecule has 1 aromatic heterocycles. The minimum Gasteiger partial charge on any atom is -0.354 e. The van der Waals surface area contributed by atoms with Crippen molar-refractivity contribution < 1.29 is 4.79 Å². The van der Waals surface area contributed by atoms with Crippen molar-refractivity contribution in [3.05, 3.63) is 83.2 Å². The van der Waals surface area contributed by atoms with Gasteiger partial charge in [-0.25, -0.2) is 0 Å². The van der Waals surface area contributed by atoms with Gasteiger partial charge in [-0.1, -0.05) is 18.2 Å². The second-order valence-electron chi connectivity index (χ2n) is 6.04. The Morgan fingerprint density at radius 3 is 2.46 bits per heavy atom. The van der Waals surface area contributed by atoms with Crippen molar-refractivity contribution in [2.75, 3.05) is 10.6 Å². The number of nitriles is 1. The van der Waals surface area contributed by atoms with Gasteiger partial charge in [0.05, 0.1) is 11.3 Å². The summed E-state index contributed by atoms with van der Waals surface area (Å²) in [6.07, 6.45) is 1.56. The van der Waals surface area contributed by atoms with E-state index in [0.29, 0.717) is 22.6 Å². The van der Waals surface area contributed by atoms with Gasteiger partial charge in [0, 0.05) is 17.6 Å². The fourth-order valence-electron chi connectivity index (χ4n) is 2.72. The zero-order valence-corrected chi connectivity index (χ0v) is 14.6. The zero-order chi connectivity index (χ0) is 18.5. The molecule has 1 amide bonds. The number of anilines is 3. The van der Waals surface area contributed by atoms with Gasteiger partial charge in [0.1, 0.15) is 11.8 Å². The van der Waals surface area contributed by atoms with Gasteiger partial charge in [-0.3, -0.25) is 9.78 Å². The standard InChI is InChI=1S/C21H18N4O/c1-14-9-15(2)11-18(10-14)25-21(26)20-12-17(7-8-23-20)24-19-6-4-3-5-16(19)13-22/h3-12H,1-2H3,(H,23,24)(H,25,26). The number of rotatable bonds is 4. The number of hydrogen-bond acceptors (Lipinski definition) is 4. The van der Waals surface area contributed by atoms with E-state index < -0.39 is 0 Å². The average molecular weight is 342 g/mol. The third kappa shape index (κ3) is 4.05. The van der Waals surface area contributed by atoms with Gasteiger partial charge in [-0.15, -0.1) is 0 Å². The van der Waals surface area contributed by atoms with Gasteiger partial charge in [0.2, 0.25) is 0 Å². The number of aryl methyl sites for hydroxylation is 2. The fraction of sp³-hybridized carbons (Fsp3) is 0.0952. The number of pyridine rings is 1. The minimum absolute atomic E-state index is 0.285. The number of nitrogens with zero attached hydrogens (tertiary/aromatic N) is 2. The normalized spacial score (nSPS) is 10.0. The highest BCUT2D eigenvalue weighted by molar-refractivity contribution is 6.03. The lowest BCUT2D eigenvalue weighted by Crippen LogP contribution is -2.14. The van der Waals surface area contributed by atoms with E-state index in [4.69, 9.17) is 0 Å². The van der Waals surface area contributed by atoms with Crippen molar-refractivity contribution in [1.29, 1.82) is 5.26 Å². The number of benzene rings is 2. The van der Waals surface area contributed by atoms with Crippen molar-refractivity contribution in [2.24, 2.45) is 0 Å². The second kappa shape index (κ2) is 7.49. The van der Waals surface area contributed by atoms with Crippen LogP contribution in [0.1, 0.15) is 27.2 Å². The Labute approximate surface area is 152 Å². The van der Waals surface area contributed by atoms with Crippen molar-refractivity contribution in [3.63, 3.8) is 0 Å². The molecule has 0 radical (unpaired) electrons. The van der Waals surface area contributed by atoms with Crippen molar-refractivity contribution >= 4 is 23.0 Å². The van der Waals surface area contributed by atoms with Crippen LogP contribution in [0.15, 0.2) is 60.8 Å². The maximum atomic E-state index is 12.5. The predicted molar refractivity (Wildman–Crippen MR) is 103 cm³/mol. The molecule has 3 aromatic rings. The highest BCUT2D eigenvalue weighted by Crippen LogP contribution is 2.21. The highest BCUT2D eigenvalue weighted by atomic mass is 16.1. The molecule has 0 aliphatic rings. The Hall–Kier alpha value is -3.65. The monoisotopic (exact) mass is 342 g/mol. The molecule has 0 aliphatic carbocycles. The van der Waals surface area contributed by atoms with Crippen LogP contribution in [0.3, 0.4) is 0 Å². The Kier molecular flexibility index (Phi) is 4.95. The number of aromatic nitrogens is 1. The maximum Gasteiger partial charge on any atom is 0.274 e. The average Bonchev–Trinajstić information content (AvgIpc) is 2.61. The Balaban J connectivity index is 1.80. The van der Waals surface area contributed by atoms with E-state index in [-0.39, 0.29) is 5.91 Å². The van der Waals surface area contributed by atoms with Gasteiger partial charge in [-0.2, -0.15) is 5.26 Å². The highest BCUT2D eigenvalue weighted by Gasteiger charge is 2.10. The van der Waals surface area contributed by atoms with Crippen LogP contribution in [0.4, 0.5) is 17.1 Å². The molecule has 128 valence electrons. The van der Waals surface area contributed by atoms with Crippen LogP contribution in [0.2, 0.25) is 0 Å². The van der Waals surface area contributed by atoms with Gasteiger partial charge in [0.15, 0.2) is 0 Å². The summed E-state index contributed by atoms with van der Waals surface area (Å²) in [4.78, 5) is 16.7. The SMILES string of the molecule is Cc1cc(C)cc(NC(=O)c2cc(Nc3ccccc3C#N)ccn2)c1. The van der Waals surface area contributed by atoms with E-state index in [1.807, 2.05) is 44.2 Å². The van der Waals surface area contributed by atoms with E-state index >= 15 is 0 Å². The second-order valence-corrected chi connectivity index (χ2v) is 6.04. The van der Waals surface area contributed by atoms with Crippen LogP contribution in [-0.2, 0) is 0 Å². The van der Waals surface area contributed by atoms with Gasteiger partial charge in [-0.05, 0) is 61.4 Å². The summed E-state index contributed by atoms with van der Waals surface area (Å²) in [5, 5.41) is 15.2. The molecule has 0 unspecified atom stereocenters. The van der Waals surface area contributed by atoms with Crippen molar-refractivity contribution in [3.8, 4) is 6.07 Å².